The van der Waals surface area contributed by atoms with Crippen LogP contribution in [0.25, 0.3) is 27.8 Å². The number of hydrogen-bond donors (Lipinski definition) is 0. The molecule has 0 unspecified atom stereocenters. The molecule has 0 saturated carbocycles. The van der Waals surface area contributed by atoms with Crippen LogP contribution in [0.2, 0.25) is 0 Å². The van der Waals surface area contributed by atoms with E-state index in [1.165, 1.54) is 47.3 Å². The minimum atomic E-state index is -4.90. The Labute approximate surface area is 188 Å². The fourth-order valence-corrected chi connectivity index (χ4v) is 3.28. The first-order valence-electron chi connectivity index (χ1n) is 9.70. The van der Waals surface area contributed by atoms with Crippen molar-refractivity contribution in [1.82, 2.24) is 20.0 Å². The summed E-state index contributed by atoms with van der Waals surface area (Å²) in [6, 6.07) is 10.3. The Kier molecular flexibility index (Phi) is 5.84. The van der Waals surface area contributed by atoms with E-state index in [1.54, 1.807) is 6.92 Å². The van der Waals surface area contributed by atoms with Crippen LogP contribution < -0.4 is 4.74 Å². The number of halogens is 3. The molecule has 0 saturated heterocycles. The first-order chi connectivity index (χ1) is 16.2. The predicted molar refractivity (Wildman–Crippen MR) is 111 cm³/mol. The van der Waals surface area contributed by atoms with E-state index in [0.29, 0.717) is 11.1 Å². The number of benzene rings is 2. The second-order valence-corrected chi connectivity index (χ2v) is 6.78. The summed E-state index contributed by atoms with van der Waals surface area (Å²) in [4.78, 5) is 27.1. The Hall–Kier alpha value is -4.55. The number of rotatable bonds is 6. The summed E-state index contributed by atoms with van der Waals surface area (Å²) in [5.74, 6) is -1.27. The van der Waals surface area contributed by atoms with Gasteiger partial charge in [-0.3, -0.25) is 15.1 Å². The van der Waals surface area contributed by atoms with Crippen molar-refractivity contribution < 1.29 is 32.4 Å². The zero-order chi connectivity index (χ0) is 24.5. The molecule has 0 spiro atoms. The molecule has 34 heavy (non-hydrogen) atoms. The van der Waals surface area contributed by atoms with Crippen LogP contribution in [0.5, 0.6) is 5.75 Å². The summed E-state index contributed by atoms with van der Waals surface area (Å²) in [5, 5.41) is 19.2. The number of hydrogen-bond acceptors (Lipinski definition) is 8. The summed E-state index contributed by atoms with van der Waals surface area (Å²) < 4.78 is 48.5. The van der Waals surface area contributed by atoms with E-state index in [-0.39, 0.29) is 34.8 Å². The van der Waals surface area contributed by atoms with Crippen LogP contribution in [-0.4, -0.2) is 43.8 Å². The second kappa shape index (κ2) is 8.77. The number of fused-ring (bicyclic) bond motifs is 1. The third kappa shape index (κ3) is 4.48. The van der Waals surface area contributed by atoms with Crippen LogP contribution >= 0.6 is 0 Å². The van der Waals surface area contributed by atoms with Gasteiger partial charge in [0.1, 0.15) is 11.4 Å². The Bertz CT molecular complexity index is 1390. The molecule has 0 aliphatic heterocycles. The molecule has 0 aliphatic rings. The molecule has 0 aliphatic carbocycles. The smallest absolute Gasteiger partial charge is 0.461 e. The number of non-ortho nitro benzene ring substituents is 1. The quantitative estimate of drug-likeness (QED) is 0.228. The fourth-order valence-electron chi connectivity index (χ4n) is 3.28. The van der Waals surface area contributed by atoms with Gasteiger partial charge in [0.25, 0.3) is 5.69 Å². The minimum Gasteiger partial charge on any atom is -0.461 e. The van der Waals surface area contributed by atoms with Crippen molar-refractivity contribution in [3.05, 3.63) is 70.5 Å². The van der Waals surface area contributed by atoms with Crippen molar-refractivity contribution in [3.63, 3.8) is 0 Å². The lowest BCUT2D eigenvalue weighted by Gasteiger charge is -2.13. The maximum absolute atomic E-state index is 12.7. The number of aromatic nitrogens is 4. The lowest BCUT2D eigenvalue weighted by molar-refractivity contribution is -0.384. The molecular weight excluding hydrogens is 459 g/mol. The Morgan fingerprint density at radius 1 is 1.15 bits per heavy atom. The summed E-state index contributed by atoms with van der Waals surface area (Å²) in [6.07, 6.45) is -3.49. The summed E-state index contributed by atoms with van der Waals surface area (Å²) in [7, 11) is 0. The van der Waals surface area contributed by atoms with Gasteiger partial charge in [-0.2, -0.15) is 0 Å². The topological polar surface area (TPSA) is 122 Å². The zero-order valence-corrected chi connectivity index (χ0v) is 17.3. The molecule has 2 aromatic heterocycles. The van der Waals surface area contributed by atoms with Gasteiger partial charge in [-0.05, 0) is 43.3 Å². The molecule has 0 bridgehead atoms. The zero-order valence-electron chi connectivity index (χ0n) is 17.3. The van der Waals surface area contributed by atoms with Crippen LogP contribution in [0, 0.1) is 10.1 Å². The SMILES string of the molecule is CCOC(=O)c1nnn(-c2ccnc3ccc(OC(F)(F)F)cc23)c1-c1ccc([N+](=O)[O-])cc1. The first kappa shape index (κ1) is 22.6. The Morgan fingerprint density at radius 2 is 1.88 bits per heavy atom. The summed E-state index contributed by atoms with van der Waals surface area (Å²) in [6.45, 7) is 1.66. The number of nitro benzene ring substituents is 1. The molecule has 0 N–H and O–H groups in total. The summed E-state index contributed by atoms with van der Waals surface area (Å²) in [5.41, 5.74) is 0.685. The van der Waals surface area contributed by atoms with Crippen molar-refractivity contribution in [2.24, 2.45) is 0 Å². The van der Waals surface area contributed by atoms with Crippen molar-refractivity contribution in [3.8, 4) is 22.7 Å². The number of alkyl halides is 3. The summed E-state index contributed by atoms with van der Waals surface area (Å²) >= 11 is 0. The van der Waals surface area contributed by atoms with Crippen LogP contribution in [0.15, 0.2) is 54.7 Å². The third-order valence-corrected chi connectivity index (χ3v) is 4.64. The number of carbonyl (C=O) groups excluding carboxylic acids is 1. The molecule has 10 nitrogen and oxygen atoms in total. The molecule has 13 heteroatoms. The third-order valence-electron chi connectivity index (χ3n) is 4.64. The molecule has 0 atom stereocenters. The average Bonchev–Trinajstić information content (AvgIpc) is 3.23. The van der Waals surface area contributed by atoms with Gasteiger partial charge in [0.15, 0.2) is 5.69 Å². The Morgan fingerprint density at radius 3 is 2.53 bits per heavy atom. The first-order valence-corrected chi connectivity index (χ1v) is 9.70. The average molecular weight is 473 g/mol. The molecule has 4 aromatic rings. The van der Waals surface area contributed by atoms with Gasteiger partial charge in [-0.25, -0.2) is 9.48 Å². The fraction of sp³-hybridized carbons (Fsp3) is 0.143. The van der Waals surface area contributed by atoms with Crippen molar-refractivity contribution in [1.29, 1.82) is 0 Å². The molecular formula is C21H14F3N5O5. The minimum absolute atomic E-state index is 0.0573. The van der Waals surface area contributed by atoms with Crippen molar-refractivity contribution >= 4 is 22.6 Å². The number of pyridine rings is 1. The lowest BCUT2D eigenvalue weighted by Crippen LogP contribution is -2.17. The van der Waals surface area contributed by atoms with E-state index in [2.05, 4.69) is 20.0 Å². The van der Waals surface area contributed by atoms with Crippen LogP contribution in [-0.2, 0) is 4.74 Å². The molecule has 0 radical (unpaired) electrons. The maximum atomic E-state index is 12.7. The monoisotopic (exact) mass is 473 g/mol. The largest absolute Gasteiger partial charge is 0.573 e. The maximum Gasteiger partial charge on any atom is 0.573 e. The molecule has 2 heterocycles. The number of ether oxygens (including phenoxy) is 2. The number of carbonyl (C=O) groups is 1. The lowest BCUT2D eigenvalue weighted by atomic mass is 10.1. The molecule has 0 fully saturated rings. The molecule has 0 amide bonds. The van der Waals surface area contributed by atoms with E-state index in [0.717, 1.165) is 12.1 Å². The highest BCUT2D eigenvalue weighted by molar-refractivity contribution is 5.96. The van der Waals surface area contributed by atoms with E-state index < -0.39 is 23.0 Å². The molecule has 2 aromatic carbocycles. The molecule has 4 rings (SSSR count). The number of nitro groups is 1. The second-order valence-electron chi connectivity index (χ2n) is 6.78. The highest BCUT2D eigenvalue weighted by atomic mass is 19.4. The van der Waals surface area contributed by atoms with Gasteiger partial charge in [0, 0.05) is 29.3 Å². The van der Waals surface area contributed by atoms with E-state index in [4.69, 9.17) is 4.74 Å². The Balaban J connectivity index is 1.93. The van der Waals surface area contributed by atoms with Gasteiger partial charge < -0.3 is 9.47 Å². The van der Waals surface area contributed by atoms with Gasteiger partial charge in [-0.15, -0.1) is 18.3 Å². The molecule has 174 valence electrons. The van der Waals surface area contributed by atoms with Crippen LogP contribution in [0.3, 0.4) is 0 Å². The van der Waals surface area contributed by atoms with Gasteiger partial charge >= 0.3 is 12.3 Å². The van der Waals surface area contributed by atoms with Gasteiger partial charge in [0.05, 0.1) is 22.7 Å². The predicted octanol–water partition coefficient (Wildman–Crippen LogP) is 4.47. The van der Waals surface area contributed by atoms with E-state index >= 15 is 0 Å². The highest BCUT2D eigenvalue weighted by Crippen LogP contribution is 2.32. The van der Waals surface area contributed by atoms with Crippen LogP contribution in [0.1, 0.15) is 17.4 Å². The van der Waals surface area contributed by atoms with E-state index in [1.807, 2.05) is 0 Å². The van der Waals surface area contributed by atoms with E-state index in [9.17, 15) is 28.1 Å². The van der Waals surface area contributed by atoms with Crippen molar-refractivity contribution in [2.45, 2.75) is 13.3 Å². The van der Waals surface area contributed by atoms with Gasteiger partial charge in [0.2, 0.25) is 0 Å². The normalized spacial score (nSPS) is 11.4. The van der Waals surface area contributed by atoms with Crippen LogP contribution in [0.4, 0.5) is 18.9 Å². The highest BCUT2D eigenvalue weighted by Gasteiger charge is 2.31. The number of esters is 1. The van der Waals surface area contributed by atoms with Crippen molar-refractivity contribution in [2.75, 3.05) is 6.61 Å². The van der Waals surface area contributed by atoms with Gasteiger partial charge in [-0.1, -0.05) is 5.21 Å². The number of nitrogens with zero attached hydrogens (tertiary/aromatic N) is 5. The standard InChI is InChI=1S/C21H14F3N5O5/c1-2-33-20(30)18-19(12-3-5-13(6-4-12)29(31)32)28(27-26-18)17-9-10-25-16-8-7-14(11-15(16)17)34-21(22,23)24/h3-11H,2H2,1H3.